The summed E-state index contributed by atoms with van der Waals surface area (Å²) in [5.74, 6) is -0.768. The van der Waals surface area contributed by atoms with Crippen LogP contribution in [0.1, 0.15) is 21.5 Å². The van der Waals surface area contributed by atoms with Crippen LogP contribution in [0.4, 0.5) is 4.39 Å². The molecule has 1 aliphatic heterocycles. The molecule has 1 N–H and O–H groups in total. The Kier molecular flexibility index (Phi) is 7.15. The summed E-state index contributed by atoms with van der Waals surface area (Å²) in [6, 6.07) is 21.6. The van der Waals surface area contributed by atoms with Crippen LogP contribution in [-0.4, -0.2) is 43.5 Å². The number of halogens is 1. The fraction of sp³-hybridized carbons (Fsp3) is 0.259. The van der Waals surface area contributed by atoms with E-state index >= 15 is 0 Å². The van der Waals surface area contributed by atoms with E-state index in [9.17, 15) is 14.0 Å². The average molecular weight is 447 g/mol. The van der Waals surface area contributed by atoms with Crippen molar-refractivity contribution in [2.45, 2.75) is 13.0 Å². The second kappa shape index (κ2) is 10.4. The molecule has 0 unspecified atom stereocenters. The summed E-state index contributed by atoms with van der Waals surface area (Å²) in [7, 11) is 1.63. The van der Waals surface area contributed by atoms with Gasteiger partial charge in [0.25, 0.3) is 5.91 Å². The Labute approximate surface area is 193 Å². The summed E-state index contributed by atoms with van der Waals surface area (Å²) in [6.45, 7) is 1.73. The molecule has 170 valence electrons. The van der Waals surface area contributed by atoms with E-state index in [0.717, 1.165) is 16.7 Å². The maximum absolute atomic E-state index is 14.1. The van der Waals surface area contributed by atoms with E-state index in [1.54, 1.807) is 42.3 Å². The highest BCUT2D eigenvalue weighted by atomic mass is 19.1. The normalized spacial score (nSPS) is 16.2. The van der Waals surface area contributed by atoms with Crippen LogP contribution in [0.3, 0.4) is 0 Å². The molecule has 6 heteroatoms. The number of carbonyl (C=O) groups excluding carboxylic acids is 2. The Hall–Kier alpha value is -3.51. The molecular formula is C27H27FN2O3. The van der Waals surface area contributed by atoms with Crippen molar-refractivity contribution < 1.29 is 18.7 Å². The van der Waals surface area contributed by atoms with Crippen molar-refractivity contribution in [3.8, 4) is 11.1 Å². The number of carbonyl (C=O) groups is 2. The van der Waals surface area contributed by atoms with Gasteiger partial charge in [0.2, 0.25) is 5.91 Å². The quantitative estimate of drug-likeness (QED) is 0.621. The summed E-state index contributed by atoms with van der Waals surface area (Å²) in [4.78, 5) is 27.5. The molecule has 0 bridgehead atoms. The second-order valence-corrected chi connectivity index (χ2v) is 8.25. The minimum absolute atomic E-state index is 0.0566. The standard InChI is InChI=1S/C27H27FN2O3/c1-33-18-20-8-12-22(13-9-20)27(32)30-15-14-29-26(31)23(17-30)16-19-6-10-21(11-7-19)24-4-2-3-5-25(24)28/h2-13,23H,14-18H2,1H3,(H,29,31)/t23-/m1/s1. The van der Waals surface area contributed by atoms with Crippen LogP contribution in [0.25, 0.3) is 11.1 Å². The Morgan fingerprint density at radius 2 is 1.73 bits per heavy atom. The molecular weight excluding hydrogens is 419 g/mol. The number of rotatable bonds is 6. The van der Waals surface area contributed by atoms with Crippen LogP contribution in [0.15, 0.2) is 72.8 Å². The summed E-state index contributed by atoms with van der Waals surface area (Å²) in [6.07, 6.45) is 0.500. The highest BCUT2D eigenvalue weighted by molar-refractivity contribution is 5.95. The number of hydrogen-bond donors (Lipinski definition) is 1. The Morgan fingerprint density at radius 1 is 1.03 bits per heavy atom. The van der Waals surface area contributed by atoms with Crippen molar-refractivity contribution >= 4 is 11.8 Å². The molecule has 0 saturated carbocycles. The van der Waals surface area contributed by atoms with Crippen molar-refractivity contribution in [2.75, 3.05) is 26.7 Å². The SMILES string of the molecule is COCc1ccc(C(=O)N2CCNC(=O)[C@H](Cc3ccc(-c4ccccc4F)cc3)C2)cc1. The summed E-state index contributed by atoms with van der Waals surface area (Å²) < 4.78 is 19.2. The number of ether oxygens (including phenoxy) is 1. The minimum atomic E-state index is -0.358. The maximum Gasteiger partial charge on any atom is 0.253 e. The number of nitrogens with one attached hydrogen (secondary N) is 1. The third-order valence-electron chi connectivity index (χ3n) is 5.91. The van der Waals surface area contributed by atoms with E-state index in [-0.39, 0.29) is 23.5 Å². The van der Waals surface area contributed by atoms with Crippen LogP contribution in [0.2, 0.25) is 0 Å². The molecule has 1 fully saturated rings. The van der Waals surface area contributed by atoms with E-state index in [1.165, 1.54) is 6.07 Å². The fourth-order valence-electron chi connectivity index (χ4n) is 4.13. The number of hydrogen-bond acceptors (Lipinski definition) is 3. The summed E-state index contributed by atoms with van der Waals surface area (Å²) in [5.41, 5.74) is 3.89. The van der Waals surface area contributed by atoms with Crippen molar-refractivity contribution in [3.63, 3.8) is 0 Å². The van der Waals surface area contributed by atoms with Crippen LogP contribution < -0.4 is 5.32 Å². The van der Waals surface area contributed by atoms with Gasteiger partial charge in [-0.1, -0.05) is 54.6 Å². The van der Waals surface area contributed by atoms with E-state index in [4.69, 9.17) is 4.74 Å². The molecule has 0 spiro atoms. The van der Waals surface area contributed by atoms with Crippen LogP contribution in [-0.2, 0) is 22.6 Å². The highest BCUT2D eigenvalue weighted by Crippen LogP contribution is 2.24. The molecule has 5 nitrogen and oxygen atoms in total. The highest BCUT2D eigenvalue weighted by Gasteiger charge is 2.28. The minimum Gasteiger partial charge on any atom is -0.380 e. The molecule has 3 aromatic rings. The zero-order valence-electron chi connectivity index (χ0n) is 18.6. The van der Waals surface area contributed by atoms with E-state index in [2.05, 4.69) is 5.32 Å². The third-order valence-corrected chi connectivity index (χ3v) is 5.91. The van der Waals surface area contributed by atoms with Gasteiger partial charge in [-0.15, -0.1) is 0 Å². The first-order valence-electron chi connectivity index (χ1n) is 11.0. The Bertz CT molecular complexity index is 1110. The predicted molar refractivity (Wildman–Crippen MR) is 125 cm³/mol. The number of amides is 2. The van der Waals surface area contributed by atoms with Gasteiger partial charge in [-0.25, -0.2) is 4.39 Å². The molecule has 1 aliphatic rings. The van der Waals surface area contributed by atoms with Gasteiger partial charge in [0.15, 0.2) is 0 Å². The summed E-state index contributed by atoms with van der Waals surface area (Å²) >= 11 is 0. The van der Waals surface area contributed by atoms with Gasteiger partial charge < -0.3 is 15.0 Å². The van der Waals surface area contributed by atoms with Crippen molar-refractivity contribution in [1.29, 1.82) is 0 Å². The van der Waals surface area contributed by atoms with Crippen molar-refractivity contribution in [2.24, 2.45) is 5.92 Å². The van der Waals surface area contributed by atoms with Crippen LogP contribution in [0.5, 0.6) is 0 Å². The van der Waals surface area contributed by atoms with Gasteiger partial charge >= 0.3 is 0 Å². The first-order chi connectivity index (χ1) is 16.0. The summed E-state index contributed by atoms with van der Waals surface area (Å²) in [5, 5.41) is 2.92. The number of methoxy groups -OCH3 is 1. The molecule has 0 aliphatic carbocycles. The third kappa shape index (κ3) is 5.46. The van der Waals surface area contributed by atoms with Crippen molar-refractivity contribution in [1.82, 2.24) is 10.2 Å². The average Bonchev–Trinajstić information content (AvgIpc) is 3.01. The largest absolute Gasteiger partial charge is 0.380 e. The number of nitrogens with zero attached hydrogens (tertiary/aromatic N) is 1. The molecule has 33 heavy (non-hydrogen) atoms. The molecule has 0 radical (unpaired) electrons. The molecule has 3 aromatic carbocycles. The molecule has 1 saturated heterocycles. The zero-order valence-corrected chi connectivity index (χ0v) is 18.6. The van der Waals surface area contributed by atoms with Gasteiger partial charge in [0.05, 0.1) is 12.5 Å². The molecule has 4 rings (SSSR count). The second-order valence-electron chi connectivity index (χ2n) is 8.25. The van der Waals surface area contributed by atoms with Crippen LogP contribution in [0, 0.1) is 11.7 Å². The lowest BCUT2D eigenvalue weighted by molar-refractivity contribution is -0.124. The van der Waals surface area contributed by atoms with Gasteiger partial charge in [0.1, 0.15) is 5.82 Å². The first kappa shape index (κ1) is 22.7. The van der Waals surface area contributed by atoms with Crippen LogP contribution >= 0.6 is 0 Å². The number of benzene rings is 3. The molecule has 2 amide bonds. The first-order valence-corrected chi connectivity index (χ1v) is 11.0. The smallest absolute Gasteiger partial charge is 0.253 e. The topological polar surface area (TPSA) is 58.6 Å². The Balaban J connectivity index is 1.46. The van der Waals surface area contributed by atoms with E-state index in [0.29, 0.717) is 43.8 Å². The van der Waals surface area contributed by atoms with E-state index < -0.39 is 0 Å². The molecule has 0 aromatic heterocycles. The van der Waals surface area contributed by atoms with Gasteiger partial charge in [0, 0.05) is 37.9 Å². The lowest BCUT2D eigenvalue weighted by atomic mass is 9.95. The van der Waals surface area contributed by atoms with Crippen molar-refractivity contribution in [3.05, 3.63) is 95.3 Å². The fourth-order valence-corrected chi connectivity index (χ4v) is 4.13. The predicted octanol–water partition coefficient (Wildman–Crippen LogP) is 4.07. The monoisotopic (exact) mass is 446 g/mol. The lowest BCUT2D eigenvalue weighted by Crippen LogP contribution is -2.37. The molecule has 1 heterocycles. The molecule has 1 atom stereocenters. The van der Waals surface area contributed by atoms with Gasteiger partial charge in [-0.2, -0.15) is 0 Å². The van der Waals surface area contributed by atoms with E-state index in [1.807, 2.05) is 36.4 Å². The Morgan fingerprint density at radius 3 is 2.42 bits per heavy atom. The van der Waals surface area contributed by atoms with Gasteiger partial charge in [-0.3, -0.25) is 9.59 Å². The zero-order chi connectivity index (χ0) is 23.2. The maximum atomic E-state index is 14.1. The van der Waals surface area contributed by atoms with Gasteiger partial charge in [-0.05, 0) is 41.3 Å². The lowest BCUT2D eigenvalue weighted by Gasteiger charge is -2.23.